The number of carbonyl (C=O) groups is 2. The first-order valence-electron chi connectivity index (χ1n) is 9.93. The fraction of sp³-hybridized carbons (Fsp3) is 0.167. The first-order valence-corrected chi connectivity index (χ1v) is 11.8. The van der Waals surface area contributed by atoms with Crippen molar-refractivity contribution in [1.29, 1.82) is 0 Å². The van der Waals surface area contributed by atoms with Crippen LogP contribution >= 0.6 is 58.0 Å². The maximum absolute atomic E-state index is 12.9. The fourth-order valence-corrected chi connectivity index (χ4v) is 5.27. The van der Waals surface area contributed by atoms with Gasteiger partial charge in [-0.15, -0.1) is 23.2 Å². The first-order chi connectivity index (χ1) is 15.7. The molecule has 0 spiro atoms. The van der Waals surface area contributed by atoms with E-state index in [1.807, 2.05) is 30.3 Å². The van der Waals surface area contributed by atoms with Crippen molar-refractivity contribution in [2.75, 3.05) is 5.32 Å². The van der Waals surface area contributed by atoms with Crippen molar-refractivity contribution < 1.29 is 9.59 Å². The second-order valence-corrected chi connectivity index (χ2v) is 10.4. The summed E-state index contributed by atoms with van der Waals surface area (Å²) in [6, 6.07) is 19.1. The lowest BCUT2D eigenvalue weighted by Gasteiger charge is -2.10. The highest BCUT2D eigenvalue weighted by molar-refractivity contribution is 6.53. The van der Waals surface area contributed by atoms with Crippen molar-refractivity contribution in [2.45, 2.75) is 16.8 Å². The molecule has 2 amide bonds. The zero-order valence-electron chi connectivity index (χ0n) is 16.9. The van der Waals surface area contributed by atoms with Gasteiger partial charge in [-0.1, -0.05) is 65.1 Å². The minimum absolute atomic E-state index is 0.238. The molecule has 3 aromatic rings. The van der Waals surface area contributed by atoms with Crippen LogP contribution in [0.25, 0.3) is 0 Å². The number of amides is 2. The van der Waals surface area contributed by atoms with E-state index in [0.29, 0.717) is 27.8 Å². The molecular weight excluding hydrogens is 526 g/mol. The Kier molecular flexibility index (Phi) is 7.13. The number of benzene rings is 3. The molecule has 1 fully saturated rings. The molecular formula is C24H17Cl5N2O2. The summed E-state index contributed by atoms with van der Waals surface area (Å²) in [6.45, 7) is 0.347. The van der Waals surface area contributed by atoms with Crippen molar-refractivity contribution in [3.8, 4) is 0 Å². The zero-order valence-corrected chi connectivity index (χ0v) is 20.7. The minimum atomic E-state index is -1.31. The molecule has 9 heteroatoms. The molecule has 0 bridgehead atoms. The van der Waals surface area contributed by atoms with Crippen LogP contribution in [0.3, 0.4) is 0 Å². The summed E-state index contributed by atoms with van der Waals surface area (Å²) in [4.78, 5) is 25.6. The third kappa shape index (κ3) is 5.42. The predicted molar refractivity (Wildman–Crippen MR) is 135 cm³/mol. The quantitative estimate of drug-likeness (QED) is 0.326. The highest BCUT2D eigenvalue weighted by Gasteiger charge is 2.67. The summed E-state index contributed by atoms with van der Waals surface area (Å²) in [5, 5.41) is 6.71. The van der Waals surface area contributed by atoms with Gasteiger partial charge in [0.2, 0.25) is 5.91 Å². The number of hydrogen-bond acceptors (Lipinski definition) is 2. The van der Waals surface area contributed by atoms with Crippen LogP contribution in [0.4, 0.5) is 5.69 Å². The highest BCUT2D eigenvalue weighted by atomic mass is 35.5. The van der Waals surface area contributed by atoms with Gasteiger partial charge in [-0.3, -0.25) is 9.59 Å². The smallest absolute Gasteiger partial charge is 0.253 e. The van der Waals surface area contributed by atoms with E-state index in [0.717, 1.165) is 5.56 Å². The Labute approximate surface area is 216 Å². The Morgan fingerprint density at radius 3 is 2.21 bits per heavy atom. The highest BCUT2D eigenvalue weighted by Crippen LogP contribution is 2.65. The predicted octanol–water partition coefficient (Wildman–Crippen LogP) is 7.10. The Bertz CT molecular complexity index is 1200. The molecule has 1 aliphatic rings. The van der Waals surface area contributed by atoms with Gasteiger partial charge >= 0.3 is 0 Å². The van der Waals surface area contributed by atoms with Gasteiger partial charge in [0.1, 0.15) is 4.33 Å². The third-order valence-corrected chi connectivity index (χ3v) is 7.06. The molecule has 2 atom stereocenters. The molecule has 3 aromatic carbocycles. The van der Waals surface area contributed by atoms with Gasteiger partial charge in [0.25, 0.3) is 5.91 Å². The van der Waals surface area contributed by atoms with Gasteiger partial charge in [0.05, 0.1) is 16.5 Å². The van der Waals surface area contributed by atoms with Gasteiger partial charge in [-0.25, -0.2) is 0 Å². The van der Waals surface area contributed by atoms with Crippen molar-refractivity contribution in [2.24, 2.45) is 5.92 Å². The maximum atomic E-state index is 12.9. The average Bonchev–Trinajstić information content (AvgIpc) is 3.35. The normalized spacial score (nSPS) is 18.5. The van der Waals surface area contributed by atoms with Crippen molar-refractivity contribution >= 4 is 75.5 Å². The number of anilines is 1. The summed E-state index contributed by atoms with van der Waals surface area (Å²) in [7, 11) is 0. The summed E-state index contributed by atoms with van der Waals surface area (Å²) in [5.74, 6) is -1.94. The summed E-state index contributed by atoms with van der Waals surface area (Å²) < 4.78 is -1.31. The molecule has 4 rings (SSSR count). The standard InChI is InChI=1S/C24H17Cl5N2O2/c25-15-8-14(9-16(26)10-15)20-21(24(20,28)29)23(33)31-17-6-7-19(27)18(11-17)22(32)30-12-13-4-2-1-3-5-13/h1-11,20-21H,12H2,(H,30,32)(H,31,33)/t20-,21+/m1/s1. The molecule has 0 aliphatic heterocycles. The lowest BCUT2D eigenvalue weighted by atomic mass is 10.1. The van der Waals surface area contributed by atoms with E-state index in [1.54, 1.807) is 30.3 Å². The van der Waals surface area contributed by atoms with Crippen LogP contribution in [-0.4, -0.2) is 16.1 Å². The number of rotatable bonds is 6. The number of carbonyl (C=O) groups excluding carboxylic acids is 2. The van der Waals surface area contributed by atoms with Crippen molar-refractivity contribution in [3.63, 3.8) is 0 Å². The average molecular weight is 543 g/mol. The molecule has 1 aliphatic carbocycles. The summed E-state index contributed by atoms with van der Waals surface area (Å²) >= 11 is 31.2. The zero-order chi connectivity index (χ0) is 23.8. The van der Waals surface area contributed by atoms with E-state index >= 15 is 0 Å². The topological polar surface area (TPSA) is 58.2 Å². The van der Waals surface area contributed by atoms with E-state index in [2.05, 4.69) is 10.6 Å². The van der Waals surface area contributed by atoms with E-state index in [-0.39, 0.29) is 22.4 Å². The van der Waals surface area contributed by atoms with E-state index in [4.69, 9.17) is 58.0 Å². The number of alkyl halides is 2. The third-order valence-electron chi connectivity index (χ3n) is 5.35. The Morgan fingerprint density at radius 1 is 0.879 bits per heavy atom. The molecule has 1 saturated carbocycles. The van der Waals surface area contributed by atoms with E-state index in [9.17, 15) is 9.59 Å². The second-order valence-electron chi connectivity index (χ2n) is 7.68. The van der Waals surface area contributed by atoms with Crippen molar-refractivity contribution in [3.05, 3.63) is 98.5 Å². The van der Waals surface area contributed by atoms with Crippen LogP contribution in [0.15, 0.2) is 66.7 Å². The van der Waals surface area contributed by atoms with E-state index < -0.39 is 16.2 Å². The Hall–Kier alpha value is -1.95. The lowest BCUT2D eigenvalue weighted by molar-refractivity contribution is -0.117. The van der Waals surface area contributed by atoms with Crippen LogP contribution in [0, 0.1) is 5.92 Å². The van der Waals surface area contributed by atoms with Crippen LogP contribution in [0.5, 0.6) is 0 Å². The second kappa shape index (κ2) is 9.73. The number of halogens is 5. The largest absolute Gasteiger partial charge is 0.348 e. The molecule has 0 heterocycles. The molecule has 2 N–H and O–H groups in total. The molecule has 0 saturated heterocycles. The van der Waals surface area contributed by atoms with Gasteiger partial charge in [0, 0.05) is 28.2 Å². The van der Waals surface area contributed by atoms with Gasteiger partial charge in [-0.2, -0.15) is 0 Å². The molecule has 170 valence electrons. The molecule has 33 heavy (non-hydrogen) atoms. The lowest BCUT2D eigenvalue weighted by Crippen LogP contribution is -2.23. The molecule has 0 aromatic heterocycles. The monoisotopic (exact) mass is 540 g/mol. The summed E-state index contributed by atoms with van der Waals surface area (Å²) in [6.07, 6.45) is 0. The Morgan fingerprint density at radius 2 is 1.55 bits per heavy atom. The fourth-order valence-electron chi connectivity index (χ4n) is 3.69. The minimum Gasteiger partial charge on any atom is -0.348 e. The SMILES string of the molecule is O=C(NCc1ccccc1)c1cc(NC(=O)[C@@H]2[C@@H](c3cc(Cl)cc(Cl)c3)C2(Cl)Cl)ccc1Cl. The van der Waals surface area contributed by atoms with Crippen LogP contribution in [0.2, 0.25) is 15.1 Å². The van der Waals surface area contributed by atoms with E-state index in [1.165, 1.54) is 6.07 Å². The van der Waals surface area contributed by atoms with Gasteiger partial charge in [-0.05, 0) is 47.5 Å². The summed E-state index contributed by atoms with van der Waals surface area (Å²) in [5.41, 5.74) is 2.26. The van der Waals surface area contributed by atoms with Crippen molar-refractivity contribution in [1.82, 2.24) is 5.32 Å². The van der Waals surface area contributed by atoms with Gasteiger partial charge in [0.15, 0.2) is 0 Å². The maximum Gasteiger partial charge on any atom is 0.253 e. The molecule has 0 unspecified atom stereocenters. The van der Waals surface area contributed by atoms with Crippen LogP contribution in [0.1, 0.15) is 27.4 Å². The van der Waals surface area contributed by atoms with Gasteiger partial charge < -0.3 is 10.6 Å². The number of nitrogens with one attached hydrogen (secondary N) is 2. The number of hydrogen-bond donors (Lipinski definition) is 2. The molecule has 0 radical (unpaired) electrons. The van der Waals surface area contributed by atoms with Crippen LogP contribution in [-0.2, 0) is 11.3 Å². The first kappa shape index (κ1) is 24.2. The molecule has 4 nitrogen and oxygen atoms in total. The van der Waals surface area contributed by atoms with Crippen LogP contribution < -0.4 is 10.6 Å². The Balaban J connectivity index is 1.46.